The molecule has 0 aliphatic carbocycles. The summed E-state index contributed by atoms with van der Waals surface area (Å²) in [6, 6.07) is 7.44. The van der Waals surface area contributed by atoms with Crippen molar-refractivity contribution in [2.45, 2.75) is 10.9 Å². The predicted molar refractivity (Wildman–Crippen MR) is 87.8 cm³/mol. The van der Waals surface area contributed by atoms with Crippen LogP contribution in [0.1, 0.15) is 0 Å². The van der Waals surface area contributed by atoms with Gasteiger partial charge in [-0.05, 0) is 18.4 Å². The van der Waals surface area contributed by atoms with Crippen molar-refractivity contribution in [3.05, 3.63) is 29.6 Å². The van der Waals surface area contributed by atoms with Crippen molar-refractivity contribution in [2.24, 2.45) is 5.73 Å². The van der Waals surface area contributed by atoms with Gasteiger partial charge in [-0.25, -0.2) is 4.98 Å². The number of benzene rings is 1. The maximum atomic E-state index is 11.8. The minimum absolute atomic E-state index is 0.181. The number of methoxy groups -OCH3 is 1. The molecule has 0 saturated carbocycles. The van der Waals surface area contributed by atoms with Crippen molar-refractivity contribution >= 4 is 34.1 Å². The molecule has 0 bridgehead atoms. The van der Waals surface area contributed by atoms with Gasteiger partial charge in [0.05, 0.1) is 12.3 Å². The van der Waals surface area contributed by atoms with Gasteiger partial charge in [0.2, 0.25) is 5.91 Å². The first kappa shape index (κ1) is 16.0. The summed E-state index contributed by atoms with van der Waals surface area (Å²) < 4.78 is 4.85. The second-order valence-electron chi connectivity index (χ2n) is 4.32. The lowest BCUT2D eigenvalue weighted by atomic mass is 10.2. The maximum absolute atomic E-state index is 11.8. The second kappa shape index (κ2) is 7.56. The number of carbonyl (C=O) groups is 1. The first-order chi connectivity index (χ1) is 10.1. The Morgan fingerprint density at radius 1 is 1.48 bits per heavy atom. The molecule has 0 spiro atoms. The summed E-state index contributed by atoms with van der Waals surface area (Å²) in [5.41, 5.74) is 7.52. The Kier molecular flexibility index (Phi) is 5.75. The number of hydrogen-bond acceptors (Lipinski definition) is 6. The zero-order chi connectivity index (χ0) is 15.2. The second-order valence-corrected chi connectivity index (χ2v) is 6.06. The molecule has 0 radical (unpaired) electrons. The molecule has 0 fully saturated rings. The van der Waals surface area contributed by atoms with Crippen molar-refractivity contribution in [3.63, 3.8) is 0 Å². The minimum atomic E-state index is -0.691. The first-order valence-corrected chi connectivity index (χ1v) is 8.40. The zero-order valence-corrected chi connectivity index (χ0v) is 13.5. The maximum Gasteiger partial charge on any atom is 0.245 e. The van der Waals surface area contributed by atoms with E-state index in [1.54, 1.807) is 11.8 Å². The van der Waals surface area contributed by atoms with Crippen LogP contribution >= 0.6 is 23.1 Å². The first-order valence-electron chi connectivity index (χ1n) is 6.29. The largest absolute Gasteiger partial charge is 0.383 e. The van der Waals surface area contributed by atoms with Crippen LogP contribution in [0.25, 0.3) is 11.3 Å². The number of carbonyl (C=O) groups excluding carboxylic acids is 1. The predicted octanol–water partition coefficient (Wildman–Crippen LogP) is 2.44. The number of ether oxygens (including phenoxy) is 1. The number of aromatic nitrogens is 1. The van der Waals surface area contributed by atoms with Crippen LogP contribution in [-0.2, 0) is 9.53 Å². The van der Waals surface area contributed by atoms with Crippen LogP contribution in [0.3, 0.4) is 0 Å². The molecule has 1 atom stereocenters. The Bertz CT molecular complexity index is 599. The highest BCUT2D eigenvalue weighted by Crippen LogP contribution is 2.26. The van der Waals surface area contributed by atoms with Gasteiger partial charge in [0.15, 0.2) is 5.13 Å². The lowest BCUT2D eigenvalue weighted by Crippen LogP contribution is -2.39. The third kappa shape index (κ3) is 4.28. The van der Waals surface area contributed by atoms with E-state index in [9.17, 15) is 4.79 Å². The third-order valence-corrected chi connectivity index (χ3v) is 4.30. The van der Waals surface area contributed by atoms with Crippen LogP contribution in [0.15, 0.2) is 34.5 Å². The number of amides is 1. The molecule has 2 rings (SSSR count). The summed E-state index contributed by atoms with van der Waals surface area (Å²) in [5.74, 6) is -0.296. The lowest BCUT2D eigenvalue weighted by Gasteiger charge is -2.08. The highest BCUT2D eigenvalue weighted by Gasteiger charge is 2.15. The fourth-order valence-corrected chi connectivity index (χ4v) is 2.81. The van der Waals surface area contributed by atoms with E-state index < -0.39 is 6.04 Å². The van der Waals surface area contributed by atoms with Gasteiger partial charge in [-0.1, -0.05) is 12.1 Å². The molecule has 5 nitrogen and oxygen atoms in total. The summed E-state index contributed by atoms with van der Waals surface area (Å²) in [4.78, 5) is 17.4. The molecule has 21 heavy (non-hydrogen) atoms. The van der Waals surface area contributed by atoms with Gasteiger partial charge in [-0.15, -0.1) is 23.1 Å². The molecule has 3 N–H and O–H groups in total. The van der Waals surface area contributed by atoms with E-state index in [2.05, 4.69) is 10.3 Å². The highest BCUT2D eigenvalue weighted by molar-refractivity contribution is 7.98. The summed E-state index contributed by atoms with van der Waals surface area (Å²) in [6.45, 7) is 0.181. The van der Waals surface area contributed by atoms with E-state index >= 15 is 0 Å². The normalized spacial score (nSPS) is 12.1. The molecular formula is C14H17N3O2S2. The van der Waals surface area contributed by atoms with Crippen molar-refractivity contribution in [1.29, 1.82) is 0 Å². The fraction of sp³-hybridized carbons (Fsp3) is 0.286. The van der Waals surface area contributed by atoms with E-state index in [0.29, 0.717) is 5.13 Å². The molecule has 1 unspecified atom stereocenters. The highest BCUT2D eigenvalue weighted by atomic mass is 32.2. The topological polar surface area (TPSA) is 77.2 Å². The molecule has 2 aromatic rings. The average Bonchev–Trinajstić information content (AvgIpc) is 2.96. The SMILES string of the molecule is COCC(N)C(=O)Nc1nc(-c2ccc(SC)cc2)cs1. The number of thioether (sulfide) groups is 1. The molecule has 1 aromatic heterocycles. The van der Waals surface area contributed by atoms with E-state index in [4.69, 9.17) is 10.5 Å². The number of rotatable bonds is 6. The molecule has 7 heteroatoms. The molecule has 112 valence electrons. The van der Waals surface area contributed by atoms with Crippen molar-refractivity contribution in [3.8, 4) is 11.3 Å². The molecule has 0 aliphatic rings. The Morgan fingerprint density at radius 2 is 2.19 bits per heavy atom. The number of anilines is 1. The molecular weight excluding hydrogens is 306 g/mol. The number of nitrogens with zero attached hydrogens (tertiary/aromatic N) is 1. The Hall–Kier alpha value is -1.41. The van der Waals surface area contributed by atoms with Gasteiger partial charge < -0.3 is 15.8 Å². The van der Waals surface area contributed by atoms with Gasteiger partial charge >= 0.3 is 0 Å². The fourth-order valence-electron chi connectivity index (χ4n) is 1.68. The Morgan fingerprint density at radius 3 is 2.81 bits per heavy atom. The Balaban J connectivity index is 2.05. The van der Waals surface area contributed by atoms with Crippen LogP contribution in [0.2, 0.25) is 0 Å². The zero-order valence-electron chi connectivity index (χ0n) is 11.8. The van der Waals surface area contributed by atoms with Gasteiger partial charge in [0, 0.05) is 22.9 Å². The summed E-state index contributed by atoms with van der Waals surface area (Å²) in [5, 5.41) is 5.14. The average molecular weight is 323 g/mol. The standard InChI is InChI=1S/C14H17N3O2S2/c1-19-7-11(15)13(18)17-14-16-12(8-21-14)9-3-5-10(20-2)6-4-9/h3-6,8,11H,7,15H2,1-2H3,(H,16,17,18). The molecule has 1 heterocycles. The van der Waals surface area contributed by atoms with E-state index in [1.807, 2.05) is 35.9 Å². The number of thiazole rings is 1. The van der Waals surface area contributed by atoms with Gasteiger partial charge in [-0.3, -0.25) is 4.79 Å². The van der Waals surface area contributed by atoms with Crippen LogP contribution < -0.4 is 11.1 Å². The van der Waals surface area contributed by atoms with Crippen LogP contribution in [-0.4, -0.2) is 36.9 Å². The smallest absolute Gasteiger partial charge is 0.245 e. The van der Waals surface area contributed by atoms with Gasteiger partial charge in [0.25, 0.3) is 0 Å². The van der Waals surface area contributed by atoms with Crippen LogP contribution in [0, 0.1) is 0 Å². The number of nitrogens with one attached hydrogen (secondary N) is 1. The van der Waals surface area contributed by atoms with E-state index in [1.165, 1.54) is 23.3 Å². The molecule has 0 saturated heterocycles. The van der Waals surface area contributed by atoms with E-state index in [0.717, 1.165) is 11.3 Å². The van der Waals surface area contributed by atoms with Gasteiger partial charge in [0.1, 0.15) is 6.04 Å². The molecule has 1 aromatic carbocycles. The monoisotopic (exact) mass is 323 g/mol. The number of nitrogens with two attached hydrogens (primary N) is 1. The van der Waals surface area contributed by atoms with Crippen molar-refractivity contribution in [2.75, 3.05) is 25.3 Å². The molecule has 0 aliphatic heterocycles. The van der Waals surface area contributed by atoms with Gasteiger partial charge in [-0.2, -0.15) is 0 Å². The summed E-state index contributed by atoms with van der Waals surface area (Å²) in [7, 11) is 1.51. The van der Waals surface area contributed by atoms with E-state index in [-0.39, 0.29) is 12.5 Å². The Labute approximate surface area is 131 Å². The summed E-state index contributed by atoms with van der Waals surface area (Å²) >= 11 is 3.07. The van der Waals surface area contributed by atoms with Crippen molar-refractivity contribution < 1.29 is 9.53 Å². The quantitative estimate of drug-likeness (QED) is 0.799. The molecule has 1 amide bonds. The third-order valence-electron chi connectivity index (χ3n) is 2.80. The van der Waals surface area contributed by atoms with Crippen molar-refractivity contribution in [1.82, 2.24) is 4.98 Å². The lowest BCUT2D eigenvalue weighted by molar-refractivity contribution is -0.118. The van der Waals surface area contributed by atoms with Crippen LogP contribution in [0.4, 0.5) is 5.13 Å². The van der Waals surface area contributed by atoms with Crippen LogP contribution in [0.5, 0.6) is 0 Å². The summed E-state index contributed by atoms with van der Waals surface area (Å²) in [6.07, 6.45) is 2.04. The minimum Gasteiger partial charge on any atom is -0.383 e. The number of hydrogen-bond donors (Lipinski definition) is 2.